The van der Waals surface area contributed by atoms with Crippen LogP contribution in [0.2, 0.25) is 0 Å². The summed E-state index contributed by atoms with van der Waals surface area (Å²) in [4.78, 5) is 10.1. The van der Waals surface area contributed by atoms with Crippen molar-refractivity contribution in [2.24, 2.45) is 20.2 Å². The molecule has 4 rings (SSSR count). The van der Waals surface area contributed by atoms with Crippen LogP contribution < -0.4 is 10.6 Å². The van der Waals surface area contributed by atoms with Crippen LogP contribution in [0.4, 0.5) is 0 Å². The zero-order valence-corrected chi connectivity index (χ0v) is 20.2. The summed E-state index contributed by atoms with van der Waals surface area (Å²) in [6.07, 6.45) is 25.5. The highest BCUT2D eigenvalue weighted by molar-refractivity contribution is 5.85. The molecule has 6 nitrogen and oxygen atoms in total. The topological polar surface area (TPSA) is 73.5 Å². The highest BCUT2D eigenvalue weighted by Gasteiger charge is 2.20. The minimum atomic E-state index is 0.402. The summed E-state index contributed by atoms with van der Waals surface area (Å²) >= 11 is 0. The van der Waals surface area contributed by atoms with Crippen molar-refractivity contribution >= 4 is 11.9 Å². The summed E-state index contributed by atoms with van der Waals surface area (Å²) in [5.74, 6) is 1.51. The molecule has 0 atom stereocenters. The number of hydrogen-bond acceptors (Lipinski definition) is 2. The molecule has 0 aliphatic heterocycles. The molecule has 32 heavy (non-hydrogen) atoms. The van der Waals surface area contributed by atoms with E-state index >= 15 is 0 Å². The van der Waals surface area contributed by atoms with Crippen LogP contribution in [0.25, 0.3) is 0 Å². The molecule has 0 amide bonds. The zero-order chi connectivity index (χ0) is 21.8. The number of azo groups is 1. The number of guanidine groups is 2. The molecular weight excluding hydrogens is 396 g/mol. The predicted molar refractivity (Wildman–Crippen MR) is 133 cm³/mol. The second-order valence-corrected chi connectivity index (χ2v) is 10.6. The van der Waals surface area contributed by atoms with Crippen LogP contribution >= 0.6 is 0 Å². The van der Waals surface area contributed by atoms with Gasteiger partial charge < -0.3 is 10.6 Å². The minimum Gasteiger partial charge on any atom is -0.350 e. The molecule has 4 saturated carbocycles. The Morgan fingerprint density at radius 2 is 0.719 bits per heavy atom. The minimum absolute atomic E-state index is 0.402. The van der Waals surface area contributed by atoms with Gasteiger partial charge in [0.2, 0.25) is 11.9 Å². The molecule has 0 aromatic heterocycles. The summed E-state index contributed by atoms with van der Waals surface area (Å²) in [6, 6.07) is 1.79. The second-order valence-electron chi connectivity index (χ2n) is 10.6. The van der Waals surface area contributed by atoms with Gasteiger partial charge in [-0.1, -0.05) is 77.0 Å². The molecule has 6 heteroatoms. The number of aliphatic imine (C=N–C) groups is 2. The van der Waals surface area contributed by atoms with Crippen LogP contribution in [0.5, 0.6) is 0 Å². The third kappa shape index (κ3) is 8.15. The lowest BCUT2D eigenvalue weighted by Gasteiger charge is -2.25. The van der Waals surface area contributed by atoms with Crippen molar-refractivity contribution in [1.82, 2.24) is 10.6 Å². The van der Waals surface area contributed by atoms with E-state index in [0.29, 0.717) is 24.2 Å². The molecule has 0 saturated heterocycles. The maximum atomic E-state index is 5.06. The molecular formula is C26H46N6. The Morgan fingerprint density at radius 1 is 0.406 bits per heavy atom. The second kappa shape index (κ2) is 13.3. The van der Waals surface area contributed by atoms with E-state index in [1.165, 1.54) is 128 Å². The van der Waals surface area contributed by atoms with Gasteiger partial charge in [-0.05, 0) is 51.4 Å². The van der Waals surface area contributed by atoms with Crippen molar-refractivity contribution in [3.63, 3.8) is 0 Å². The quantitative estimate of drug-likeness (QED) is 0.290. The third-order valence-electron chi connectivity index (χ3n) is 7.88. The molecule has 0 heterocycles. The Bertz CT molecular complexity index is 564. The number of nitrogens with one attached hydrogen (secondary N) is 2. The van der Waals surface area contributed by atoms with Crippen molar-refractivity contribution < 1.29 is 0 Å². The van der Waals surface area contributed by atoms with Gasteiger partial charge in [-0.2, -0.15) is 0 Å². The van der Waals surface area contributed by atoms with Gasteiger partial charge in [0.1, 0.15) is 0 Å². The summed E-state index contributed by atoms with van der Waals surface area (Å²) < 4.78 is 0. The van der Waals surface area contributed by atoms with Crippen molar-refractivity contribution in [3.8, 4) is 0 Å². The molecule has 2 N–H and O–H groups in total. The predicted octanol–water partition coefficient (Wildman–Crippen LogP) is 6.66. The molecule has 0 bridgehead atoms. The van der Waals surface area contributed by atoms with E-state index in [2.05, 4.69) is 10.6 Å². The highest BCUT2D eigenvalue weighted by Crippen LogP contribution is 2.23. The van der Waals surface area contributed by atoms with Crippen LogP contribution in [0, 0.1) is 0 Å². The molecule has 0 radical (unpaired) electrons. The first-order chi connectivity index (χ1) is 15.8. The Hall–Kier alpha value is -1.46. The van der Waals surface area contributed by atoms with E-state index in [4.69, 9.17) is 20.2 Å². The lowest BCUT2D eigenvalue weighted by atomic mass is 9.95. The number of hydrogen-bond donors (Lipinski definition) is 2. The van der Waals surface area contributed by atoms with E-state index in [-0.39, 0.29) is 0 Å². The Kier molecular flexibility index (Phi) is 9.84. The zero-order valence-electron chi connectivity index (χ0n) is 20.2. The Morgan fingerprint density at radius 3 is 1.06 bits per heavy atom. The highest BCUT2D eigenvalue weighted by atomic mass is 15.3. The maximum Gasteiger partial charge on any atom is 0.238 e. The monoisotopic (exact) mass is 442 g/mol. The standard InChI is InChI=1S/C26H46N6/c1-5-13-21(14-6-1)27-25(28-22-15-7-2-8-16-22)31-32-26(29-23-17-9-3-10-18-23)30-24-19-11-4-12-20-24/h21-24H,1-20H2,(H,27,28)(H,29,30). The Labute approximate surface area is 195 Å². The molecule has 0 aromatic carbocycles. The lowest BCUT2D eigenvalue weighted by molar-refractivity contribution is 0.405. The fourth-order valence-electron chi connectivity index (χ4n) is 5.90. The molecule has 4 fully saturated rings. The van der Waals surface area contributed by atoms with Crippen molar-refractivity contribution in [2.45, 2.75) is 153 Å². The van der Waals surface area contributed by atoms with Crippen LogP contribution in [0.1, 0.15) is 128 Å². The first-order valence-electron chi connectivity index (χ1n) is 14.0. The van der Waals surface area contributed by atoms with Gasteiger partial charge in [-0.3, -0.25) is 0 Å². The van der Waals surface area contributed by atoms with Crippen LogP contribution in [-0.4, -0.2) is 36.1 Å². The van der Waals surface area contributed by atoms with Crippen molar-refractivity contribution in [2.75, 3.05) is 0 Å². The first-order valence-corrected chi connectivity index (χ1v) is 14.0. The Balaban J connectivity index is 1.47. The molecule has 4 aliphatic rings. The number of rotatable bonds is 4. The first kappa shape index (κ1) is 23.7. The van der Waals surface area contributed by atoms with Gasteiger partial charge >= 0.3 is 0 Å². The molecule has 0 aromatic rings. The SMILES string of the molecule is C1CCC(N=C(N=NC(=NC2CCCCC2)NC2CCCCC2)NC2CCCCC2)CC1. The van der Waals surface area contributed by atoms with Gasteiger partial charge in [-0.15, -0.1) is 10.2 Å². The van der Waals surface area contributed by atoms with Crippen LogP contribution in [0.3, 0.4) is 0 Å². The van der Waals surface area contributed by atoms with E-state index < -0.39 is 0 Å². The molecule has 0 spiro atoms. The van der Waals surface area contributed by atoms with Crippen LogP contribution in [-0.2, 0) is 0 Å². The average Bonchev–Trinajstić information content (AvgIpc) is 2.85. The van der Waals surface area contributed by atoms with Crippen molar-refractivity contribution in [1.29, 1.82) is 0 Å². The fraction of sp³-hybridized carbons (Fsp3) is 0.923. The van der Waals surface area contributed by atoms with E-state index in [1.807, 2.05) is 0 Å². The van der Waals surface area contributed by atoms with Gasteiger partial charge in [0, 0.05) is 12.1 Å². The normalized spacial score (nSPS) is 26.5. The van der Waals surface area contributed by atoms with Gasteiger partial charge in [0.25, 0.3) is 0 Å². The number of nitrogens with zero attached hydrogens (tertiary/aromatic N) is 4. The third-order valence-corrected chi connectivity index (χ3v) is 7.88. The van der Waals surface area contributed by atoms with Crippen molar-refractivity contribution in [3.05, 3.63) is 0 Å². The smallest absolute Gasteiger partial charge is 0.238 e. The lowest BCUT2D eigenvalue weighted by Crippen LogP contribution is -2.38. The summed E-state index contributed by atoms with van der Waals surface area (Å²) in [5.41, 5.74) is 0. The molecule has 180 valence electrons. The molecule has 0 unspecified atom stereocenters. The van der Waals surface area contributed by atoms with E-state index in [9.17, 15) is 0 Å². The van der Waals surface area contributed by atoms with Gasteiger partial charge in [0.05, 0.1) is 12.1 Å². The van der Waals surface area contributed by atoms with E-state index in [1.54, 1.807) is 0 Å². The van der Waals surface area contributed by atoms with Crippen LogP contribution in [0.15, 0.2) is 20.2 Å². The molecule has 4 aliphatic carbocycles. The average molecular weight is 443 g/mol. The van der Waals surface area contributed by atoms with E-state index in [0.717, 1.165) is 11.9 Å². The van der Waals surface area contributed by atoms with Gasteiger partial charge in [-0.25, -0.2) is 9.98 Å². The summed E-state index contributed by atoms with van der Waals surface area (Å²) in [7, 11) is 0. The summed E-state index contributed by atoms with van der Waals surface area (Å²) in [5, 5.41) is 16.8. The maximum absolute atomic E-state index is 5.06. The summed E-state index contributed by atoms with van der Waals surface area (Å²) in [6.45, 7) is 0. The van der Waals surface area contributed by atoms with Gasteiger partial charge in [0.15, 0.2) is 0 Å². The fourth-order valence-corrected chi connectivity index (χ4v) is 5.90. The largest absolute Gasteiger partial charge is 0.350 e.